The normalized spacial score (nSPS) is 10.9. The molecule has 3 aromatic rings. The zero-order chi connectivity index (χ0) is 20.1. The Bertz CT molecular complexity index is 1100. The van der Waals surface area contributed by atoms with Gasteiger partial charge in [-0.2, -0.15) is 0 Å². The Morgan fingerprint density at radius 3 is 2.50 bits per heavy atom. The summed E-state index contributed by atoms with van der Waals surface area (Å²) in [4.78, 5) is 37.5. The first-order valence-electron chi connectivity index (χ1n) is 9.07. The number of hydrogen-bond acceptors (Lipinski definition) is 4. The number of carbonyl (C=O) groups is 1. The Hall–Kier alpha value is -3.19. The number of amides is 1. The number of para-hydroxylation sites is 1. The fourth-order valence-corrected chi connectivity index (χ4v) is 3.07. The van der Waals surface area contributed by atoms with Crippen molar-refractivity contribution in [1.82, 2.24) is 14.5 Å². The number of nitrogens with one attached hydrogen (secondary N) is 1. The molecule has 0 atom stereocenters. The molecule has 7 nitrogen and oxygen atoms in total. The zero-order valence-corrected chi connectivity index (χ0v) is 16.0. The lowest BCUT2D eigenvalue weighted by Gasteiger charge is -2.11. The molecule has 0 saturated carbocycles. The van der Waals surface area contributed by atoms with Crippen molar-refractivity contribution in [3.05, 3.63) is 80.5 Å². The number of ether oxygens (including phenoxy) is 1. The molecule has 0 radical (unpaired) electrons. The Morgan fingerprint density at radius 1 is 1.07 bits per heavy atom. The summed E-state index contributed by atoms with van der Waals surface area (Å²) in [5, 5.41) is 3.32. The van der Waals surface area contributed by atoms with E-state index in [1.165, 1.54) is 9.13 Å². The minimum absolute atomic E-state index is 0.145. The molecule has 1 aromatic heterocycles. The van der Waals surface area contributed by atoms with E-state index in [2.05, 4.69) is 5.32 Å². The van der Waals surface area contributed by atoms with Crippen LogP contribution in [-0.4, -0.2) is 35.3 Å². The lowest BCUT2D eigenvalue weighted by molar-refractivity contribution is 0.0948. The quantitative estimate of drug-likeness (QED) is 0.629. The number of aromatic nitrogens is 2. The largest absolute Gasteiger partial charge is 0.385 e. The van der Waals surface area contributed by atoms with E-state index < -0.39 is 0 Å². The van der Waals surface area contributed by atoms with E-state index in [-0.39, 0.29) is 23.7 Å². The summed E-state index contributed by atoms with van der Waals surface area (Å²) in [7, 11) is 3.27. The van der Waals surface area contributed by atoms with Gasteiger partial charge in [-0.05, 0) is 36.2 Å². The van der Waals surface area contributed by atoms with Crippen LogP contribution >= 0.6 is 0 Å². The predicted molar refractivity (Wildman–Crippen MR) is 108 cm³/mol. The molecule has 1 heterocycles. The van der Waals surface area contributed by atoms with Crippen molar-refractivity contribution in [2.75, 3.05) is 20.3 Å². The molecule has 3 rings (SSSR count). The molecule has 28 heavy (non-hydrogen) atoms. The minimum Gasteiger partial charge on any atom is -0.385 e. The Labute approximate surface area is 162 Å². The van der Waals surface area contributed by atoms with Crippen molar-refractivity contribution < 1.29 is 9.53 Å². The van der Waals surface area contributed by atoms with Crippen LogP contribution in [0.15, 0.2) is 58.1 Å². The summed E-state index contributed by atoms with van der Waals surface area (Å²) in [6.07, 6.45) is 0.745. The fourth-order valence-electron chi connectivity index (χ4n) is 3.07. The highest BCUT2D eigenvalue weighted by Crippen LogP contribution is 2.08. The number of carbonyl (C=O) groups excluding carboxylic acids is 1. The Kier molecular flexibility index (Phi) is 6.06. The van der Waals surface area contributed by atoms with Crippen molar-refractivity contribution in [2.24, 2.45) is 7.05 Å². The Morgan fingerprint density at radius 2 is 1.79 bits per heavy atom. The van der Waals surface area contributed by atoms with Crippen LogP contribution in [0.2, 0.25) is 0 Å². The van der Waals surface area contributed by atoms with Crippen molar-refractivity contribution in [2.45, 2.75) is 13.0 Å². The van der Waals surface area contributed by atoms with E-state index in [0.717, 1.165) is 12.0 Å². The van der Waals surface area contributed by atoms with Gasteiger partial charge < -0.3 is 10.1 Å². The van der Waals surface area contributed by atoms with E-state index in [1.54, 1.807) is 62.7 Å². The second-order valence-electron chi connectivity index (χ2n) is 6.55. The van der Waals surface area contributed by atoms with E-state index in [4.69, 9.17) is 4.74 Å². The van der Waals surface area contributed by atoms with Gasteiger partial charge in [0.15, 0.2) is 0 Å². The van der Waals surface area contributed by atoms with Crippen LogP contribution in [0.3, 0.4) is 0 Å². The molecule has 0 fully saturated rings. The number of hydrogen-bond donors (Lipinski definition) is 1. The first-order chi connectivity index (χ1) is 13.5. The average molecular weight is 381 g/mol. The van der Waals surface area contributed by atoms with E-state index in [0.29, 0.717) is 29.6 Å². The molecule has 0 aliphatic rings. The average Bonchev–Trinajstić information content (AvgIpc) is 2.73. The molecule has 0 unspecified atom stereocenters. The molecular formula is C21H23N3O4. The monoisotopic (exact) mass is 381 g/mol. The topological polar surface area (TPSA) is 82.3 Å². The number of benzene rings is 2. The SMILES string of the molecule is COCCCNC(=O)c1ccc(Cn2c(=O)c3ccccc3n(C)c2=O)cc1. The smallest absolute Gasteiger partial charge is 0.331 e. The standard InChI is InChI=1S/C21H23N3O4/c1-23-18-7-4-3-6-17(18)20(26)24(21(23)27)14-15-8-10-16(11-9-15)19(25)22-12-5-13-28-2/h3-4,6-11H,5,12-14H2,1-2H3,(H,22,25). The van der Waals surface area contributed by atoms with Gasteiger partial charge in [-0.1, -0.05) is 24.3 Å². The van der Waals surface area contributed by atoms with Gasteiger partial charge in [-0.3, -0.25) is 18.7 Å². The van der Waals surface area contributed by atoms with E-state index in [9.17, 15) is 14.4 Å². The summed E-state index contributed by atoms with van der Waals surface area (Å²) in [5.74, 6) is -0.165. The number of rotatable bonds is 7. The third-order valence-corrected chi connectivity index (χ3v) is 4.63. The van der Waals surface area contributed by atoms with Crippen LogP contribution in [0.25, 0.3) is 10.9 Å². The molecule has 2 aromatic carbocycles. The van der Waals surface area contributed by atoms with Crippen molar-refractivity contribution in [3.63, 3.8) is 0 Å². The van der Waals surface area contributed by atoms with Crippen LogP contribution < -0.4 is 16.6 Å². The fraction of sp³-hybridized carbons (Fsp3) is 0.286. The Balaban J connectivity index is 1.81. The van der Waals surface area contributed by atoms with Crippen LogP contribution in [0.1, 0.15) is 22.3 Å². The number of aryl methyl sites for hydroxylation is 1. The van der Waals surface area contributed by atoms with Crippen LogP contribution in [-0.2, 0) is 18.3 Å². The third kappa shape index (κ3) is 4.04. The summed E-state index contributed by atoms with van der Waals surface area (Å²) in [5.41, 5.74) is 1.21. The van der Waals surface area contributed by atoms with Gasteiger partial charge in [0.25, 0.3) is 11.5 Å². The molecule has 1 N–H and O–H groups in total. The highest BCUT2D eigenvalue weighted by atomic mass is 16.5. The lowest BCUT2D eigenvalue weighted by Crippen LogP contribution is -2.39. The minimum atomic E-state index is -0.372. The van der Waals surface area contributed by atoms with Crippen LogP contribution in [0, 0.1) is 0 Å². The molecule has 146 valence electrons. The van der Waals surface area contributed by atoms with Gasteiger partial charge in [-0.25, -0.2) is 4.79 Å². The zero-order valence-electron chi connectivity index (χ0n) is 16.0. The second-order valence-corrected chi connectivity index (χ2v) is 6.55. The van der Waals surface area contributed by atoms with Gasteiger partial charge in [0.2, 0.25) is 0 Å². The third-order valence-electron chi connectivity index (χ3n) is 4.63. The summed E-state index contributed by atoms with van der Waals surface area (Å²) in [6.45, 7) is 1.28. The van der Waals surface area contributed by atoms with Gasteiger partial charge in [0, 0.05) is 32.9 Å². The molecule has 0 aliphatic carbocycles. The number of fused-ring (bicyclic) bond motifs is 1. The number of methoxy groups -OCH3 is 1. The first-order valence-corrected chi connectivity index (χ1v) is 9.07. The maximum Gasteiger partial charge on any atom is 0.331 e. The number of nitrogens with zero attached hydrogens (tertiary/aromatic N) is 2. The summed E-state index contributed by atoms with van der Waals surface area (Å²) in [6, 6.07) is 13.9. The molecule has 1 amide bonds. The van der Waals surface area contributed by atoms with Crippen molar-refractivity contribution in [3.8, 4) is 0 Å². The molecule has 0 bridgehead atoms. The van der Waals surface area contributed by atoms with Gasteiger partial charge in [0.1, 0.15) is 0 Å². The van der Waals surface area contributed by atoms with Crippen molar-refractivity contribution >= 4 is 16.8 Å². The summed E-state index contributed by atoms with van der Waals surface area (Å²) >= 11 is 0. The molecule has 7 heteroatoms. The maximum atomic E-state index is 12.7. The molecular weight excluding hydrogens is 358 g/mol. The highest BCUT2D eigenvalue weighted by Gasteiger charge is 2.11. The van der Waals surface area contributed by atoms with Crippen molar-refractivity contribution in [1.29, 1.82) is 0 Å². The van der Waals surface area contributed by atoms with Gasteiger partial charge >= 0.3 is 5.69 Å². The second kappa shape index (κ2) is 8.67. The van der Waals surface area contributed by atoms with Crippen LogP contribution in [0.5, 0.6) is 0 Å². The predicted octanol–water partition coefficient (Wildman–Crippen LogP) is 1.51. The molecule has 0 aliphatic heterocycles. The van der Waals surface area contributed by atoms with E-state index in [1.807, 2.05) is 0 Å². The van der Waals surface area contributed by atoms with Gasteiger partial charge in [0.05, 0.1) is 17.4 Å². The maximum absolute atomic E-state index is 12.7. The highest BCUT2D eigenvalue weighted by molar-refractivity contribution is 5.94. The van der Waals surface area contributed by atoms with Gasteiger partial charge in [-0.15, -0.1) is 0 Å². The molecule has 0 saturated heterocycles. The lowest BCUT2D eigenvalue weighted by atomic mass is 10.1. The first kappa shape index (κ1) is 19.6. The van der Waals surface area contributed by atoms with Crippen LogP contribution in [0.4, 0.5) is 0 Å². The molecule has 0 spiro atoms. The van der Waals surface area contributed by atoms with E-state index >= 15 is 0 Å². The summed E-state index contributed by atoms with van der Waals surface area (Å²) < 4.78 is 7.63.